The average Bonchev–Trinajstić information content (AvgIpc) is 2.67. The maximum absolute atomic E-state index is 13.1. The molecule has 2 aromatic rings. The summed E-state index contributed by atoms with van der Waals surface area (Å²) in [6, 6.07) is 7.81. The molecule has 0 bridgehead atoms. The molecular weight excluding hydrogens is 338 g/mol. The summed E-state index contributed by atoms with van der Waals surface area (Å²) in [6.45, 7) is 9.24. The Balaban J connectivity index is 1.63. The van der Waals surface area contributed by atoms with Crippen LogP contribution >= 0.6 is 0 Å². The lowest BCUT2D eigenvalue weighted by molar-refractivity contribution is 0.0732. The predicted molar refractivity (Wildman–Crippen MR) is 106 cm³/mol. The van der Waals surface area contributed by atoms with Gasteiger partial charge in [-0.2, -0.15) is 0 Å². The molecule has 0 aliphatic carbocycles. The highest BCUT2D eigenvalue weighted by molar-refractivity contribution is 5.95. The molecule has 0 N–H and O–H groups in total. The van der Waals surface area contributed by atoms with E-state index >= 15 is 0 Å². The zero-order chi connectivity index (χ0) is 19.0. The van der Waals surface area contributed by atoms with Gasteiger partial charge in [0.25, 0.3) is 5.91 Å². The first-order chi connectivity index (χ1) is 13.0. The first kappa shape index (κ1) is 17.9. The lowest BCUT2D eigenvalue weighted by Gasteiger charge is -2.37. The largest absolute Gasteiger partial charge is 0.354 e. The molecule has 2 aliphatic rings. The molecule has 2 aliphatic heterocycles. The van der Waals surface area contributed by atoms with E-state index in [1.54, 1.807) is 0 Å². The minimum Gasteiger partial charge on any atom is -0.354 e. The van der Waals surface area contributed by atoms with Crippen molar-refractivity contribution in [1.82, 2.24) is 19.8 Å². The molecule has 1 aromatic heterocycles. The molecule has 0 radical (unpaired) electrons. The van der Waals surface area contributed by atoms with Crippen LogP contribution in [0.3, 0.4) is 0 Å². The van der Waals surface area contributed by atoms with E-state index in [1.165, 1.54) is 0 Å². The van der Waals surface area contributed by atoms with Gasteiger partial charge < -0.3 is 14.7 Å². The van der Waals surface area contributed by atoms with Crippen molar-refractivity contribution in [3.05, 3.63) is 52.5 Å². The van der Waals surface area contributed by atoms with Crippen molar-refractivity contribution in [3.8, 4) is 0 Å². The molecular formula is C21H27N5O. The number of hydrogen-bond donors (Lipinski definition) is 0. The molecule has 142 valence electrons. The van der Waals surface area contributed by atoms with Crippen LogP contribution in [-0.2, 0) is 13.0 Å². The van der Waals surface area contributed by atoms with Gasteiger partial charge in [-0.1, -0.05) is 18.2 Å². The lowest BCUT2D eigenvalue weighted by Crippen LogP contribution is -2.46. The molecule has 0 spiro atoms. The second-order valence-electron chi connectivity index (χ2n) is 7.60. The van der Waals surface area contributed by atoms with Crippen molar-refractivity contribution >= 4 is 11.7 Å². The second kappa shape index (κ2) is 7.27. The van der Waals surface area contributed by atoms with Gasteiger partial charge in [0.15, 0.2) is 0 Å². The van der Waals surface area contributed by atoms with Crippen LogP contribution in [0.2, 0.25) is 0 Å². The van der Waals surface area contributed by atoms with Crippen molar-refractivity contribution in [3.63, 3.8) is 0 Å². The zero-order valence-electron chi connectivity index (χ0n) is 16.4. The number of aromatic nitrogens is 2. The van der Waals surface area contributed by atoms with E-state index in [9.17, 15) is 4.79 Å². The number of amides is 1. The maximum atomic E-state index is 13.1. The number of fused-ring (bicyclic) bond motifs is 1. The van der Waals surface area contributed by atoms with Crippen LogP contribution in [0.1, 0.15) is 33.0 Å². The van der Waals surface area contributed by atoms with E-state index < -0.39 is 0 Å². The van der Waals surface area contributed by atoms with Gasteiger partial charge in [-0.05, 0) is 32.5 Å². The Morgan fingerprint density at radius 1 is 1.00 bits per heavy atom. The third-order valence-electron chi connectivity index (χ3n) is 5.62. The first-order valence-corrected chi connectivity index (χ1v) is 9.67. The van der Waals surface area contributed by atoms with Gasteiger partial charge in [-0.25, -0.2) is 9.97 Å². The molecule has 3 heterocycles. The molecule has 6 nitrogen and oxygen atoms in total. The van der Waals surface area contributed by atoms with E-state index in [0.29, 0.717) is 13.1 Å². The van der Waals surface area contributed by atoms with Gasteiger partial charge >= 0.3 is 0 Å². The van der Waals surface area contributed by atoms with Crippen LogP contribution in [0.25, 0.3) is 0 Å². The standard InChI is InChI=1S/C21H27N5O/c1-15-6-4-5-7-17(15)21(27)26-9-8-19-18(14-26)20(23-16(2)22-19)25-12-10-24(3)11-13-25/h4-7H,8-14H2,1-3H3. The highest BCUT2D eigenvalue weighted by atomic mass is 16.2. The number of carbonyl (C=O) groups excluding carboxylic acids is 1. The Hall–Kier alpha value is -2.47. The molecule has 1 aromatic carbocycles. The van der Waals surface area contributed by atoms with E-state index in [0.717, 1.165) is 66.6 Å². The van der Waals surface area contributed by atoms with Crippen LogP contribution < -0.4 is 4.90 Å². The third kappa shape index (κ3) is 3.54. The van der Waals surface area contributed by atoms with Gasteiger partial charge in [0, 0.05) is 50.3 Å². The number of nitrogens with zero attached hydrogens (tertiary/aromatic N) is 5. The number of hydrogen-bond acceptors (Lipinski definition) is 5. The summed E-state index contributed by atoms with van der Waals surface area (Å²) in [5, 5.41) is 0. The quantitative estimate of drug-likeness (QED) is 0.815. The Labute approximate surface area is 160 Å². The molecule has 4 rings (SSSR count). The van der Waals surface area contributed by atoms with Crippen LogP contribution in [0.4, 0.5) is 5.82 Å². The zero-order valence-corrected chi connectivity index (χ0v) is 16.4. The fraction of sp³-hybridized carbons (Fsp3) is 0.476. The first-order valence-electron chi connectivity index (χ1n) is 9.67. The number of benzene rings is 1. The summed E-state index contributed by atoms with van der Waals surface area (Å²) in [4.78, 5) is 29.2. The predicted octanol–water partition coefficient (Wildman–Crippen LogP) is 2.04. The van der Waals surface area contributed by atoms with Crippen molar-refractivity contribution in [1.29, 1.82) is 0 Å². The number of rotatable bonds is 2. The maximum Gasteiger partial charge on any atom is 0.254 e. The van der Waals surface area contributed by atoms with Gasteiger partial charge in [0.2, 0.25) is 0 Å². The summed E-state index contributed by atoms with van der Waals surface area (Å²) in [6.07, 6.45) is 0.789. The van der Waals surface area contributed by atoms with Gasteiger partial charge in [0.1, 0.15) is 11.6 Å². The average molecular weight is 365 g/mol. The van der Waals surface area contributed by atoms with E-state index in [4.69, 9.17) is 4.98 Å². The second-order valence-corrected chi connectivity index (χ2v) is 7.60. The monoisotopic (exact) mass is 365 g/mol. The van der Waals surface area contributed by atoms with E-state index in [2.05, 4.69) is 21.8 Å². The van der Waals surface area contributed by atoms with E-state index in [1.807, 2.05) is 43.0 Å². The molecule has 0 unspecified atom stereocenters. The number of aryl methyl sites for hydroxylation is 2. The Bertz CT molecular complexity index is 858. The molecule has 6 heteroatoms. The Morgan fingerprint density at radius 2 is 1.74 bits per heavy atom. The van der Waals surface area contributed by atoms with Crippen molar-refractivity contribution in [2.75, 3.05) is 44.7 Å². The number of likely N-dealkylation sites (N-methyl/N-ethyl adjacent to an activating group) is 1. The third-order valence-corrected chi connectivity index (χ3v) is 5.62. The molecule has 1 fully saturated rings. The van der Waals surface area contributed by atoms with Gasteiger partial charge in [0.05, 0.1) is 12.2 Å². The smallest absolute Gasteiger partial charge is 0.254 e. The number of carbonyl (C=O) groups is 1. The fourth-order valence-electron chi connectivity index (χ4n) is 3.95. The molecule has 27 heavy (non-hydrogen) atoms. The van der Waals surface area contributed by atoms with Crippen LogP contribution in [0.5, 0.6) is 0 Å². The van der Waals surface area contributed by atoms with Gasteiger partial charge in [-0.15, -0.1) is 0 Å². The Kier molecular flexibility index (Phi) is 4.83. The summed E-state index contributed by atoms with van der Waals surface area (Å²) >= 11 is 0. The SMILES string of the molecule is Cc1nc2c(c(N3CCN(C)CC3)n1)CN(C(=O)c1ccccc1C)CC2. The summed E-state index contributed by atoms with van der Waals surface area (Å²) in [5.74, 6) is 1.94. The highest BCUT2D eigenvalue weighted by Gasteiger charge is 2.29. The van der Waals surface area contributed by atoms with Crippen LogP contribution in [0, 0.1) is 13.8 Å². The minimum atomic E-state index is 0.101. The van der Waals surface area contributed by atoms with Crippen molar-refractivity contribution < 1.29 is 4.79 Å². The summed E-state index contributed by atoms with van der Waals surface area (Å²) < 4.78 is 0. The van der Waals surface area contributed by atoms with Crippen molar-refractivity contribution in [2.45, 2.75) is 26.8 Å². The highest BCUT2D eigenvalue weighted by Crippen LogP contribution is 2.28. The normalized spacial score (nSPS) is 17.7. The van der Waals surface area contributed by atoms with Crippen molar-refractivity contribution in [2.24, 2.45) is 0 Å². The number of piperazine rings is 1. The topological polar surface area (TPSA) is 52.6 Å². The van der Waals surface area contributed by atoms with Gasteiger partial charge in [-0.3, -0.25) is 4.79 Å². The summed E-state index contributed by atoms with van der Waals surface area (Å²) in [7, 11) is 2.15. The molecule has 0 saturated carbocycles. The van der Waals surface area contributed by atoms with E-state index in [-0.39, 0.29) is 5.91 Å². The molecule has 1 amide bonds. The minimum absolute atomic E-state index is 0.101. The lowest BCUT2D eigenvalue weighted by atomic mass is 10.0. The molecule has 0 atom stereocenters. The summed E-state index contributed by atoms with van der Waals surface area (Å²) in [5.41, 5.74) is 4.03. The Morgan fingerprint density at radius 3 is 2.48 bits per heavy atom. The fourth-order valence-corrected chi connectivity index (χ4v) is 3.95. The number of anilines is 1. The van der Waals surface area contributed by atoms with Crippen LogP contribution in [-0.4, -0.2) is 65.4 Å². The van der Waals surface area contributed by atoms with Crippen LogP contribution in [0.15, 0.2) is 24.3 Å². The molecule has 1 saturated heterocycles.